The minimum absolute atomic E-state index is 0.0453. The lowest BCUT2D eigenvalue weighted by Crippen LogP contribution is -2.47. The maximum Gasteiger partial charge on any atom is 0.225 e. The van der Waals surface area contributed by atoms with E-state index in [1.807, 2.05) is 11.4 Å². The largest absolute Gasteiger partial charge is 0.394 e. The summed E-state index contributed by atoms with van der Waals surface area (Å²) < 4.78 is 5.35. The molecule has 19 heavy (non-hydrogen) atoms. The smallest absolute Gasteiger partial charge is 0.225 e. The van der Waals surface area contributed by atoms with Crippen molar-refractivity contribution in [2.75, 3.05) is 25.1 Å². The summed E-state index contributed by atoms with van der Waals surface area (Å²) >= 11 is 7.47. The van der Waals surface area contributed by atoms with Crippen LogP contribution in [-0.2, 0) is 4.74 Å². The predicted molar refractivity (Wildman–Crippen MR) is 75.9 cm³/mol. The van der Waals surface area contributed by atoms with Crippen LogP contribution in [0.3, 0.4) is 0 Å². The van der Waals surface area contributed by atoms with E-state index in [1.54, 1.807) is 0 Å². The van der Waals surface area contributed by atoms with Crippen LogP contribution in [0.5, 0.6) is 0 Å². The van der Waals surface area contributed by atoms with E-state index in [2.05, 4.69) is 15.3 Å². The fourth-order valence-electron chi connectivity index (χ4n) is 2.26. The quantitative estimate of drug-likeness (QED) is 0.851. The summed E-state index contributed by atoms with van der Waals surface area (Å²) in [7, 11) is 0. The van der Waals surface area contributed by atoms with Crippen LogP contribution in [0.15, 0.2) is 11.4 Å². The van der Waals surface area contributed by atoms with Crippen LogP contribution in [0.2, 0.25) is 5.28 Å². The van der Waals surface area contributed by atoms with Crippen LogP contribution in [-0.4, -0.2) is 40.4 Å². The van der Waals surface area contributed by atoms with Gasteiger partial charge in [0.15, 0.2) is 0 Å². The number of rotatable bonds is 3. The Morgan fingerprint density at radius 2 is 2.21 bits per heavy atom. The summed E-state index contributed by atoms with van der Waals surface area (Å²) in [5.41, 5.74) is -0.384. The molecule has 1 aliphatic heterocycles. The Bertz CT molecular complexity index is 583. The Kier molecular flexibility index (Phi) is 3.58. The van der Waals surface area contributed by atoms with Gasteiger partial charge in [0.2, 0.25) is 5.28 Å². The van der Waals surface area contributed by atoms with E-state index in [9.17, 15) is 5.11 Å². The molecule has 1 saturated heterocycles. The van der Waals surface area contributed by atoms with Crippen LogP contribution >= 0.6 is 22.9 Å². The maximum atomic E-state index is 9.70. The van der Waals surface area contributed by atoms with Gasteiger partial charge in [-0.3, -0.25) is 0 Å². The van der Waals surface area contributed by atoms with Gasteiger partial charge in [-0.05, 0) is 35.9 Å². The number of thiophene rings is 1. The van der Waals surface area contributed by atoms with E-state index in [0.717, 1.165) is 23.1 Å². The number of aliphatic hydroxyl groups is 1. The molecule has 7 heteroatoms. The molecule has 0 bridgehead atoms. The summed E-state index contributed by atoms with van der Waals surface area (Å²) in [6, 6.07) is 1.96. The van der Waals surface area contributed by atoms with E-state index in [-0.39, 0.29) is 17.4 Å². The van der Waals surface area contributed by atoms with E-state index in [4.69, 9.17) is 16.3 Å². The highest BCUT2D eigenvalue weighted by Crippen LogP contribution is 2.31. The first-order valence-corrected chi connectivity index (χ1v) is 7.36. The molecule has 2 aromatic heterocycles. The SMILES string of the molecule is OCC1(Nc2nc(Cl)nc3sccc23)CCOCC1. The zero-order chi connectivity index (χ0) is 13.3. The molecule has 3 heterocycles. The second kappa shape index (κ2) is 5.20. The lowest BCUT2D eigenvalue weighted by atomic mass is 9.91. The zero-order valence-electron chi connectivity index (χ0n) is 10.2. The lowest BCUT2D eigenvalue weighted by molar-refractivity contribution is 0.0379. The molecule has 0 saturated carbocycles. The van der Waals surface area contributed by atoms with Crippen LogP contribution in [0.4, 0.5) is 5.82 Å². The molecule has 2 N–H and O–H groups in total. The topological polar surface area (TPSA) is 67.3 Å². The summed E-state index contributed by atoms with van der Waals surface area (Å²) in [5, 5.41) is 16.2. The molecule has 0 spiro atoms. The number of aromatic nitrogens is 2. The van der Waals surface area contributed by atoms with Gasteiger partial charge in [0, 0.05) is 13.2 Å². The Balaban J connectivity index is 1.97. The third kappa shape index (κ3) is 2.53. The van der Waals surface area contributed by atoms with Gasteiger partial charge < -0.3 is 15.2 Å². The molecule has 0 atom stereocenters. The summed E-state index contributed by atoms with van der Waals surface area (Å²) in [4.78, 5) is 9.29. The lowest BCUT2D eigenvalue weighted by Gasteiger charge is -2.36. The van der Waals surface area contributed by atoms with Crippen LogP contribution in [0, 0.1) is 0 Å². The standard InChI is InChI=1S/C12H14ClN3O2S/c13-11-14-9(8-1-6-19-10(8)15-11)16-12(7-17)2-4-18-5-3-12/h1,6,17H,2-5,7H2,(H,14,15,16). The number of ether oxygens (including phenoxy) is 1. The predicted octanol–water partition coefficient (Wildman–Crippen LogP) is 2.30. The normalized spacial score (nSPS) is 18.6. The molecule has 0 aliphatic carbocycles. The number of fused-ring (bicyclic) bond motifs is 1. The molecule has 0 radical (unpaired) electrons. The summed E-state index contributed by atoms with van der Waals surface area (Å²) in [5.74, 6) is 0.687. The van der Waals surface area contributed by atoms with Gasteiger partial charge in [-0.2, -0.15) is 0 Å². The van der Waals surface area contributed by atoms with Gasteiger partial charge in [0.05, 0.1) is 17.5 Å². The summed E-state index contributed by atoms with van der Waals surface area (Å²) in [6.07, 6.45) is 1.49. The molecule has 1 fully saturated rings. The van der Waals surface area contributed by atoms with Crippen molar-refractivity contribution in [2.45, 2.75) is 18.4 Å². The van der Waals surface area contributed by atoms with E-state index in [1.165, 1.54) is 11.3 Å². The number of nitrogens with zero attached hydrogens (tertiary/aromatic N) is 2. The maximum absolute atomic E-state index is 9.70. The number of anilines is 1. The van der Waals surface area contributed by atoms with E-state index < -0.39 is 0 Å². The second-order valence-electron chi connectivity index (χ2n) is 4.66. The number of hydrogen-bond donors (Lipinski definition) is 2. The van der Waals surface area contributed by atoms with Crippen LogP contribution in [0.1, 0.15) is 12.8 Å². The third-order valence-corrected chi connectivity index (χ3v) is 4.41. The number of nitrogens with one attached hydrogen (secondary N) is 1. The Hall–Kier alpha value is -0.950. The van der Waals surface area contributed by atoms with Gasteiger partial charge in [0.25, 0.3) is 0 Å². The van der Waals surface area contributed by atoms with Crippen molar-refractivity contribution in [1.29, 1.82) is 0 Å². The minimum Gasteiger partial charge on any atom is -0.394 e. The van der Waals surface area contributed by atoms with Gasteiger partial charge in [-0.1, -0.05) is 0 Å². The Morgan fingerprint density at radius 3 is 2.95 bits per heavy atom. The van der Waals surface area contributed by atoms with E-state index >= 15 is 0 Å². The van der Waals surface area contributed by atoms with Gasteiger partial charge in [-0.25, -0.2) is 9.97 Å². The minimum atomic E-state index is -0.384. The highest BCUT2D eigenvalue weighted by molar-refractivity contribution is 7.16. The number of aliphatic hydroxyl groups excluding tert-OH is 1. The number of hydrogen-bond acceptors (Lipinski definition) is 6. The first-order valence-electron chi connectivity index (χ1n) is 6.10. The van der Waals surface area contributed by atoms with Crippen molar-refractivity contribution < 1.29 is 9.84 Å². The second-order valence-corrected chi connectivity index (χ2v) is 5.89. The molecular formula is C12H14ClN3O2S. The molecule has 1 aliphatic rings. The van der Waals surface area contributed by atoms with Crippen molar-refractivity contribution in [2.24, 2.45) is 0 Å². The summed E-state index contributed by atoms with van der Waals surface area (Å²) in [6.45, 7) is 1.32. The van der Waals surface area contributed by atoms with Crippen LogP contribution < -0.4 is 5.32 Å². The first-order chi connectivity index (χ1) is 9.22. The van der Waals surface area contributed by atoms with E-state index in [0.29, 0.717) is 19.0 Å². The fraction of sp³-hybridized carbons (Fsp3) is 0.500. The molecule has 0 unspecified atom stereocenters. The molecule has 5 nitrogen and oxygen atoms in total. The Morgan fingerprint density at radius 1 is 1.42 bits per heavy atom. The monoisotopic (exact) mass is 299 g/mol. The average Bonchev–Trinajstić information content (AvgIpc) is 2.88. The van der Waals surface area contributed by atoms with Gasteiger partial charge in [0.1, 0.15) is 10.6 Å². The Labute approximate surface area is 119 Å². The molecule has 2 aromatic rings. The van der Waals surface area contributed by atoms with Crippen molar-refractivity contribution in [3.63, 3.8) is 0 Å². The molecule has 3 rings (SSSR count). The first kappa shape index (κ1) is 13.1. The van der Waals surface area contributed by atoms with Crippen molar-refractivity contribution >= 4 is 39.0 Å². The zero-order valence-corrected chi connectivity index (χ0v) is 11.8. The van der Waals surface area contributed by atoms with Crippen LogP contribution in [0.25, 0.3) is 10.2 Å². The number of halogens is 1. The van der Waals surface area contributed by atoms with Crippen molar-refractivity contribution in [1.82, 2.24) is 9.97 Å². The highest BCUT2D eigenvalue weighted by Gasteiger charge is 2.32. The van der Waals surface area contributed by atoms with Crippen molar-refractivity contribution in [3.05, 3.63) is 16.7 Å². The molecule has 0 aromatic carbocycles. The molecule has 102 valence electrons. The highest BCUT2D eigenvalue weighted by atomic mass is 35.5. The van der Waals surface area contributed by atoms with Gasteiger partial charge in [-0.15, -0.1) is 11.3 Å². The van der Waals surface area contributed by atoms with Gasteiger partial charge >= 0.3 is 0 Å². The fourth-order valence-corrected chi connectivity index (χ4v) is 3.24. The third-order valence-electron chi connectivity index (χ3n) is 3.43. The van der Waals surface area contributed by atoms with Crippen molar-refractivity contribution in [3.8, 4) is 0 Å². The molecular weight excluding hydrogens is 286 g/mol. The average molecular weight is 300 g/mol. The molecule has 0 amide bonds.